The smallest absolute Gasteiger partial charge is 0.309 e. The van der Waals surface area contributed by atoms with Crippen molar-refractivity contribution >= 4 is 23.6 Å². The van der Waals surface area contributed by atoms with E-state index in [2.05, 4.69) is 10.2 Å². The van der Waals surface area contributed by atoms with Crippen molar-refractivity contribution in [3.8, 4) is 0 Å². The normalized spacial score (nSPS) is 24.9. The summed E-state index contributed by atoms with van der Waals surface area (Å²) in [5, 5.41) is 3.07. The van der Waals surface area contributed by atoms with Crippen LogP contribution in [-0.2, 0) is 23.9 Å². The minimum Gasteiger partial charge on any atom is -0.469 e. The van der Waals surface area contributed by atoms with Crippen molar-refractivity contribution in [2.75, 3.05) is 27.7 Å². The molecule has 0 spiro atoms. The Hall–Kier alpha value is -2.22. The number of hydrogen-bond donors (Lipinski definition) is 1. The van der Waals surface area contributed by atoms with Gasteiger partial charge in [0.25, 0.3) is 0 Å². The molecule has 1 heterocycles. The van der Waals surface area contributed by atoms with Gasteiger partial charge < -0.3 is 15.0 Å². The third-order valence-electron chi connectivity index (χ3n) is 8.12. The van der Waals surface area contributed by atoms with E-state index in [0.29, 0.717) is 18.4 Å². The number of amides is 2. The van der Waals surface area contributed by atoms with Crippen LogP contribution in [0.2, 0.25) is 0 Å². The van der Waals surface area contributed by atoms with Crippen molar-refractivity contribution in [2.45, 2.75) is 98.2 Å². The molecule has 0 bridgehead atoms. The highest BCUT2D eigenvalue weighted by Gasteiger charge is 2.41. The van der Waals surface area contributed by atoms with Crippen LogP contribution in [0.15, 0.2) is 11.6 Å². The molecular weight excluding hydrogens is 470 g/mol. The molecule has 0 aromatic heterocycles. The lowest BCUT2D eigenvalue weighted by atomic mass is 9.84. The van der Waals surface area contributed by atoms with Gasteiger partial charge in [-0.1, -0.05) is 53.5 Å². The van der Waals surface area contributed by atoms with Gasteiger partial charge >= 0.3 is 5.97 Å². The molecule has 1 unspecified atom stereocenters. The Bertz CT molecular complexity index is 875. The maximum atomic E-state index is 13.8. The fourth-order valence-electron chi connectivity index (χ4n) is 5.73. The monoisotopic (exact) mass is 519 g/mol. The van der Waals surface area contributed by atoms with Crippen molar-refractivity contribution < 1.29 is 23.9 Å². The second-order valence-electron chi connectivity index (χ2n) is 12.4. The molecule has 1 N–H and O–H groups in total. The SMILES string of the molecule is COC(=O)[C@@H]1CCCC1C(=O)/C(C)=C/[C@H](C(C)C)N(C)C(=O)[C@@H](NC(=O)[C@H]1CCCCN1C)C(C)(C)C. The highest BCUT2D eigenvalue weighted by Crippen LogP contribution is 2.35. The van der Waals surface area contributed by atoms with Gasteiger partial charge in [-0.3, -0.25) is 24.1 Å². The molecule has 37 heavy (non-hydrogen) atoms. The van der Waals surface area contributed by atoms with Gasteiger partial charge in [0.05, 0.1) is 25.1 Å². The second kappa shape index (κ2) is 13.0. The number of nitrogens with zero attached hydrogens (tertiary/aromatic N) is 2. The molecule has 210 valence electrons. The molecular formula is C29H49N3O5. The van der Waals surface area contributed by atoms with Crippen LogP contribution in [0.25, 0.3) is 0 Å². The Kier molecular flexibility index (Phi) is 10.9. The van der Waals surface area contributed by atoms with Gasteiger partial charge in [-0.25, -0.2) is 0 Å². The van der Waals surface area contributed by atoms with Crippen LogP contribution in [0.3, 0.4) is 0 Å². The molecule has 1 saturated carbocycles. The van der Waals surface area contributed by atoms with Crippen molar-refractivity contribution in [1.82, 2.24) is 15.1 Å². The Morgan fingerprint density at radius 3 is 2.19 bits per heavy atom. The number of hydrogen-bond acceptors (Lipinski definition) is 6. The number of piperidine rings is 1. The summed E-state index contributed by atoms with van der Waals surface area (Å²) in [7, 11) is 5.06. The van der Waals surface area contributed by atoms with Crippen LogP contribution in [0.1, 0.15) is 80.1 Å². The zero-order valence-corrected chi connectivity index (χ0v) is 24.4. The van der Waals surface area contributed by atoms with Crippen molar-refractivity contribution in [3.05, 3.63) is 11.6 Å². The number of nitrogens with one attached hydrogen (secondary N) is 1. The summed E-state index contributed by atoms with van der Waals surface area (Å²) in [5.41, 5.74) is 0.0569. The van der Waals surface area contributed by atoms with Gasteiger partial charge in [0.2, 0.25) is 11.8 Å². The minimum atomic E-state index is -0.704. The van der Waals surface area contributed by atoms with E-state index in [4.69, 9.17) is 4.74 Å². The largest absolute Gasteiger partial charge is 0.469 e. The zero-order valence-electron chi connectivity index (χ0n) is 24.4. The highest BCUT2D eigenvalue weighted by atomic mass is 16.5. The number of ether oxygens (including phenoxy) is 1. The Morgan fingerprint density at radius 2 is 1.65 bits per heavy atom. The van der Waals surface area contributed by atoms with Gasteiger partial charge in [0.1, 0.15) is 6.04 Å². The lowest BCUT2D eigenvalue weighted by Gasteiger charge is -2.39. The van der Waals surface area contributed by atoms with Crippen molar-refractivity contribution in [2.24, 2.45) is 23.2 Å². The van der Waals surface area contributed by atoms with Gasteiger partial charge in [-0.2, -0.15) is 0 Å². The molecule has 2 aliphatic rings. The molecule has 5 atom stereocenters. The Labute approximate surface area is 223 Å². The first kappa shape index (κ1) is 31.0. The molecule has 2 amide bonds. The third kappa shape index (κ3) is 7.65. The summed E-state index contributed by atoms with van der Waals surface area (Å²) in [6.45, 7) is 12.5. The fraction of sp³-hybridized carbons (Fsp3) is 0.793. The predicted octanol–water partition coefficient (Wildman–Crippen LogP) is 3.59. The van der Waals surface area contributed by atoms with Gasteiger partial charge in [0.15, 0.2) is 5.78 Å². The summed E-state index contributed by atoms with van der Waals surface area (Å²) in [6.07, 6.45) is 6.86. The highest BCUT2D eigenvalue weighted by molar-refractivity contribution is 5.99. The number of carbonyl (C=O) groups excluding carboxylic acids is 4. The first-order valence-electron chi connectivity index (χ1n) is 13.8. The number of esters is 1. The maximum absolute atomic E-state index is 13.8. The van der Waals surface area contributed by atoms with Gasteiger partial charge in [-0.15, -0.1) is 0 Å². The Balaban J connectivity index is 2.25. The molecule has 1 aliphatic heterocycles. The molecule has 8 heteroatoms. The van der Waals surface area contributed by atoms with Crippen LogP contribution in [0, 0.1) is 23.2 Å². The van der Waals surface area contributed by atoms with E-state index < -0.39 is 17.4 Å². The standard InChI is InChI=1S/C29H49N3O5/c1-18(2)23(17-19(3)24(33)20-13-12-14-21(20)28(36)37-9)32(8)27(35)25(29(4,5)6)30-26(34)22-15-10-11-16-31(22)7/h17-18,20-23,25H,10-16H2,1-9H3,(H,30,34)/b19-17+/t20?,21-,22-,23-,25-/m1/s1. The summed E-state index contributed by atoms with van der Waals surface area (Å²) in [4.78, 5) is 56.3. The van der Waals surface area contributed by atoms with Gasteiger partial charge in [0, 0.05) is 13.0 Å². The minimum absolute atomic E-state index is 0.0393. The van der Waals surface area contributed by atoms with Crippen molar-refractivity contribution in [1.29, 1.82) is 0 Å². The van der Waals surface area contributed by atoms with E-state index in [1.807, 2.05) is 47.7 Å². The summed E-state index contributed by atoms with van der Waals surface area (Å²) in [5.74, 6) is -1.42. The number of ketones is 1. The number of carbonyl (C=O) groups is 4. The molecule has 0 aromatic carbocycles. The molecule has 0 aromatic rings. The van der Waals surface area contributed by atoms with E-state index in [1.54, 1.807) is 18.9 Å². The summed E-state index contributed by atoms with van der Waals surface area (Å²) < 4.78 is 4.92. The second-order valence-corrected chi connectivity index (χ2v) is 12.4. The van der Waals surface area contributed by atoms with Crippen LogP contribution in [0.5, 0.6) is 0 Å². The van der Waals surface area contributed by atoms with Crippen molar-refractivity contribution in [3.63, 3.8) is 0 Å². The first-order chi connectivity index (χ1) is 17.2. The number of Topliss-reactive ketones (excluding diaryl/α,β-unsaturated/α-hetero) is 1. The summed E-state index contributed by atoms with van der Waals surface area (Å²) >= 11 is 0. The van der Waals surface area contributed by atoms with Crippen LogP contribution in [0.4, 0.5) is 0 Å². The molecule has 8 nitrogen and oxygen atoms in total. The number of rotatable bonds is 9. The van der Waals surface area contributed by atoms with E-state index in [9.17, 15) is 19.2 Å². The average Bonchev–Trinajstić information content (AvgIpc) is 3.33. The molecule has 2 fully saturated rings. The topological polar surface area (TPSA) is 96.0 Å². The van der Waals surface area contributed by atoms with Crippen LogP contribution >= 0.6 is 0 Å². The zero-order chi connectivity index (χ0) is 28.1. The number of likely N-dealkylation sites (N-methyl/N-ethyl adjacent to an activating group) is 2. The Morgan fingerprint density at radius 1 is 1.03 bits per heavy atom. The number of likely N-dealkylation sites (tertiary alicyclic amines) is 1. The lowest BCUT2D eigenvalue weighted by Crippen LogP contribution is -2.59. The van der Waals surface area contributed by atoms with Crippen LogP contribution < -0.4 is 5.32 Å². The first-order valence-corrected chi connectivity index (χ1v) is 13.8. The van der Waals surface area contributed by atoms with Crippen LogP contribution in [-0.4, -0.2) is 79.2 Å². The molecule has 0 radical (unpaired) electrons. The quantitative estimate of drug-likeness (QED) is 0.369. The summed E-state index contributed by atoms with van der Waals surface area (Å²) in [6, 6.07) is -1.27. The molecule has 1 aliphatic carbocycles. The predicted molar refractivity (Wildman–Crippen MR) is 145 cm³/mol. The molecule has 1 saturated heterocycles. The molecule has 2 rings (SSSR count). The average molecular weight is 520 g/mol. The van der Waals surface area contributed by atoms with E-state index in [0.717, 1.165) is 32.2 Å². The fourth-order valence-corrected chi connectivity index (χ4v) is 5.73. The van der Waals surface area contributed by atoms with E-state index in [-0.39, 0.29) is 47.5 Å². The van der Waals surface area contributed by atoms with E-state index >= 15 is 0 Å². The number of allylic oxidation sites excluding steroid dienone is 1. The van der Waals surface area contributed by atoms with E-state index in [1.165, 1.54) is 7.11 Å². The maximum Gasteiger partial charge on any atom is 0.309 e. The number of methoxy groups -OCH3 is 1. The lowest BCUT2D eigenvalue weighted by molar-refractivity contribution is -0.148. The van der Waals surface area contributed by atoms with Gasteiger partial charge in [-0.05, 0) is 63.1 Å². The third-order valence-corrected chi connectivity index (χ3v) is 8.12.